The zero-order valence-electron chi connectivity index (χ0n) is 11.8. The van der Waals surface area contributed by atoms with Gasteiger partial charge in [0, 0.05) is 13.1 Å². The molecule has 118 valence electrons. The molecule has 1 aliphatic heterocycles. The van der Waals surface area contributed by atoms with E-state index in [0.29, 0.717) is 13.1 Å². The van der Waals surface area contributed by atoms with E-state index in [0.717, 1.165) is 0 Å². The number of thiocarbonyl (C=S) groups is 1. The van der Waals surface area contributed by atoms with Crippen molar-refractivity contribution in [2.75, 3.05) is 20.2 Å². The number of hydrogen-bond donors (Lipinski definition) is 2. The van der Waals surface area contributed by atoms with E-state index < -0.39 is 17.9 Å². The number of hydrogen-bond acceptors (Lipinski definition) is 6. The maximum Gasteiger partial charge on any atom is 0.308 e. The number of methoxy groups -OCH3 is 1. The van der Waals surface area contributed by atoms with Gasteiger partial charge in [-0.3, -0.25) is 19.7 Å². The average Bonchev–Trinajstić information content (AvgIpc) is 3.03. The molecule has 0 unspecified atom stereocenters. The minimum atomic E-state index is -0.814. The molecule has 0 spiro atoms. The molecule has 1 aliphatic rings. The van der Waals surface area contributed by atoms with Crippen molar-refractivity contribution in [3.05, 3.63) is 24.2 Å². The quantitative estimate of drug-likeness (QED) is 0.579. The molecule has 0 aromatic carbocycles. The number of furan rings is 1. The minimum Gasteiger partial charge on any atom is -0.469 e. The largest absolute Gasteiger partial charge is 0.469 e. The Bertz CT molecular complexity index is 587. The monoisotopic (exact) mass is 325 g/mol. The van der Waals surface area contributed by atoms with E-state index in [1.165, 1.54) is 24.3 Å². The molecule has 2 heterocycles. The number of nitrogens with zero attached hydrogens (tertiary/aromatic N) is 1. The molecule has 2 amide bonds. The number of rotatable bonds is 3. The number of carbonyl (C=O) groups excluding carboxylic acids is 3. The molecule has 2 rings (SSSR count). The van der Waals surface area contributed by atoms with Gasteiger partial charge < -0.3 is 19.4 Å². The van der Waals surface area contributed by atoms with Crippen LogP contribution in [0.5, 0.6) is 0 Å². The van der Waals surface area contributed by atoms with Crippen LogP contribution in [-0.4, -0.2) is 54.0 Å². The molecule has 1 saturated heterocycles. The van der Waals surface area contributed by atoms with Crippen LogP contribution in [0.1, 0.15) is 17.0 Å². The normalized spacial score (nSPS) is 17.6. The zero-order valence-corrected chi connectivity index (χ0v) is 12.6. The lowest BCUT2D eigenvalue weighted by Gasteiger charge is -2.35. The van der Waals surface area contributed by atoms with Crippen LogP contribution in [-0.2, 0) is 14.3 Å². The summed E-state index contributed by atoms with van der Waals surface area (Å²) in [6.45, 7) is 0.748. The van der Waals surface area contributed by atoms with E-state index >= 15 is 0 Å². The Morgan fingerprint density at radius 2 is 2.36 bits per heavy atom. The first-order valence-corrected chi connectivity index (χ1v) is 6.93. The van der Waals surface area contributed by atoms with Crippen LogP contribution < -0.4 is 10.6 Å². The van der Waals surface area contributed by atoms with Gasteiger partial charge in [0.05, 0.1) is 19.8 Å². The predicted octanol–water partition coefficient (Wildman–Crippen LogP) is -0.342. The fourth-order valence-corrected chi connectivity index (χ4v) is 2.35. The van der Waals surface area contributed by atoms with Crippen LogP contribution in [0.4, 0.5) is 0 Å². The Hall–Kier alpha value is -2.42. The molecule has 1 atom stereocenters. The van der Waals surface area contributed by atoms with Crippen LogP contribution in [0.15, 0.2) is 22.8 Å². The first-order chi connectivity index (χ1) is 10.5. The van der Waals surface area contributed by atoms with E-state index in [4.69, 9.17) is 16.6 Å². The first kappa shape index (κ1) is 16.0. The van der Waals surface area contributed by atoms with Gasteiger partial charge >= 0.3 is 5.97 Å². The number of carbonyl (C=O) groups is 3. The van der Waals surface area contributed by atoms with Crippen molar-refractivity contribution in [1.82, 2.24) is 15.5 Å². The van der Waals surface area contributed by atoms with E-state index in [1.54, 1.807) is 6.07 Å². The second-order valence-corrected chi connectivity index (χ2v) is 4.90. The number of amides is 2. The number of nitrogens with one attached hydrogen (secondary N) is 2. The molecule has 1 fully saturated rings. The lowest BCUT2D eigenvalue weighted by molar-refractivity contribution is -0.144. The first-order valence-electron chi connectivity index (χ1n) is 6.53. The fraction of sp³-hybridized carbons (Fsp3) is 0.385. The summed E-state index contributed by atoms with van der Waals surface area (Å²) in [6.07, 6.45) is 1.21. The molecule has 9 heteroatoms. The topological polar surface area (TPSA) is 101 Å². The summed E-state index contributed by atoms with van der Waals surface area (Å²) in [5.74, 6) is -1.29. The number of esters is 1. The minimum absolute atomic E-state index is 0.0603. The Labute approximate surface area is 131 Å². The lowest BCUT2D eigenvalue weighted by Crippen LogP contribution is -2.60. The predicted molar refractivity (Wildman–Crippen MR) is 78.9 cm³/mol. The van der Waals surface area contributed by atoms with Crippen LogP contribution in [0, 0.1) is 0 Å². The smallest absolute Gasteiger partial charge is 0.308 e. The second-order valence-electron chi connectivity index (χ2n) is 4.52. The number of ether oxygens (including phenoxy) is 1. The molecule has 22 heavy (non-hydrogen) atoms. The Morgan fingerprint density at radius 1 is 1.59 bits per heavy atom. The van der Waals surface area contributed by atoms with E-state index in [9.17, 15) is 14.4 Å². The standard InChI is InChI=1S/C13H15N3O5S/c1-20-10(17)7-8-11(18)14-4-5-16(8)13(22)15-12(19)9-3-2-6-21-9/h2-3,6,8H,4-5,7H2,1H3,(H,14,18)(H,15,19,22)/t8-/m0/s1. The van der Waals surface area contributed by atoms with Gasteiger partial charge in [-0.15, -0.1) is 0 Å². The Morgan fingerprint density at radius 3 is 3.00 bits per heavy atom. The molecule has 1 aromatic rings. The Balaban J connectivity index is 2.06. The second kappa shape index (κ2) is 7.03. The molecule has 0 aliphatic carbocycles. The summed E-state index contributed by atoms with van der Waals surface area (Å²) in [5.41, 5.74) is 0. The molecule has 8 nitrogen and oxygen atoms in total. The highest BCUT2D eigenvalue weighted by Crippen LogP contribution is 2.11. The van der Waals surface area contributed by atoms with E-state index in [1.807, 2.05) is 0 Å². The van der Waals surface area contributed by atoms with Crippen molar-refractivity contribution < 1.29 is 23.5 Å². The van der Waals surface area contributed by atoms with Crippen molar-refractivity contribution in [1.29, 1.82) is 0 Å². The summed E-state index contributed by atoms with van der Waals surface area (Å²) in [5, 5.41) is 5.19. The average molecular weight is 325 g/mol. The molecular formula is C13H15N3O5S. The molecular weight excluding hydrogens is 310 g/mol. The maximum absolute atomic E-state index is 11.9. The van der Waals surface area contributed by atoms with Gasteiger partial charge in [-0.05, 0) is 24.4 Å². The molecule has 0 saturated carbocycles. The molecule has 2 N–H and O–H groups in total. The van der Waals surface area contributed by atoms with Crippen molar-refractivity contribution in [3.63, 3.8) is 0 Å². The number of piperazine rings is 1. The summed E-state index contributed by atoms with van der Waals surface area (Å²) in [6, 6.07) is 2.25. The van der Waals surface area contributed by atoms with Gasteiger partial charge in [0.25, 0.3) is 5.91 Å². The summed E-state index contributed by atoms with van der Waals surface area (Å²) >= 11 is 5.16. The highest BCUT2D eigenvalue weighted by Gasteiger charge is 2.34. The lowest BCUT2D eigenvalue weighted by atomic mass is 10.1. The van der Waals surface area contributed by atoms with Crippen LogP contribution in [0.2, 0.25) is 0 Å². The molecule has 0 bridgehead atoms. The van der Waals surface area contributed by atoms with Crippen molar-refractivity contribution in [3.8, 4) is 0 Å². The van der Waals surface area contributed by atoms with Crippen molar-refractivity contribution >= 4 is 35.1 Å². The van der Waals surface area contributed by atoms with Crippen LogP contribution in [0.3, 0.4) is 0 Å². The fourth-order valence-electron chi connectivity index (χ4n) is 2.04. The molecule has 1 aromatic heterocycles. The maximum atomic E-state index is 11.9. The highest BCUT2D eigenvalue weighted by atomic mass is 32.1. The van der Waals surface area contributed by atoms with Crippen molar-refractivity contribution in [2.45, 2.75) is 12.5 Å². The van der Waals surface area contributed by atoms with E-state index in [2.05, 4.69) is 15.4 Å². The van der Waals surface area contributed by atoms with Crippen LogP contribution >= 0.6 is 12.2 Å². The zero-order chi connectivity index (χ0) is 16.1. The third-order valence-corrected chi connectivity index (χ3v) is 3.48. The van der Waals surface area contributed by atoms with Gasteiger partial charge in [0.2, 0.25) is 5.91 Å². The third-order valence-electron chi connectivity index (χ3n) is 3.14. The summed E-state index contributed by atoms with van der Waals surface area (Å²) in [7, 11) is 1.24. The Kier molecular flexibility index (Phi) is 5.10. The third kappa shape index (κ3) is 3.61. The van der Waals surface area contributed by atoms with Gasteiger partial charge in [-0.1, -0.05) is 0 Å². The summed E-state index contributed by atoms with van der Waals surface area (Å²) < 4.78 is 9.55. The van der Waals surface area contributed by atoms with E-state index in [-0.39, 0.29) is 23.2 Å². The van der Waals surface area contributed by atoms with Gasteiger partial charge in [0.15, 0.2) is 10.9 Å². The summed E-state index contributed by atoms with van der Waals surface area (Å²) in [4.78, 5) is 36.8. The SMILES string of the molecule is COC(=O)C[C@H]1C(=O)NCCN1C(=S)NC(=O)c1ccco1. The van der Waals surface area contributed by atoms with Gasteiger partial charge in [0.1, 0.15) is 6.04 Å². The van der Waals surface area contributed by atoms with Crippen LogP contribution in [0.25, 0.3) is 0 Å². The van der Waals surface area contributed by atoms with Gasteiger partial charge in [-0.2, -0.15) is 0 Å². The van der Waals surface area contributed by atoms with Crippen molar-refractivity contribution in [2.24, 2.45) is 0 Å². The van der Waals surface area contributed by atoms with Gasteiger partial charge in [-0.25, -0.2) is 0 Å². The highest BCUT2D eigenvalue weighted by molar-refractivity contribution is 7.80. The molecule has 0 radical (unpaired) electrons.